The largest absolute Gasteiger partial charge is 0.495 e. The summed E-state index contributed by atoms with van der Waals surface area (Å²) in [6.45, 7) is 0.590. The molecule has 1 fully saturated rings. The van der Waals surface area contributed by atoms with Gasteiger partial charge in [0.1, 0.15) is 5.75 Å². The molecule has 0 atom stereocenters. The van der Waals surface area contributed by atoms with E-state index in [1.165, 1.54) is 0 Å². The Labute approximate surface area is 125 Å². The van der Waals surface area contributed by atoms with Crippen molar-refractivity contribution in [2.45, 2.75) is 31.3 Å². The minimum absolute atomic E-state index is 0.0405. The average Bonchev–Trinajstić information content (AvgIpc) is 2.91. The second kappa shape index (κ2) is 6.80. The van der Waals surface area contributed by atoms with Gasteiger partial charge in [-0.3, -0.25) is 4.79 Å². The quantitative estimate of drug-likeness (QED) is 0.840. The number of rotatable bonds is 6. The van der Waals surface area contributed by atoms with Gasteiger partial charge in [-0.25, -0.2) is 0 Å². The van der Waals surface area contributed by atoms with E-state index in [4.69, 9.17) is 4.74 Å². The molecule has 5 nitrogen and oxygen atoms in total. The molecule has 0 unspecified atom stereocenters. The minimum Gasteiger partial charge on any atom is -0.495 e. The van der Waals surface area contributed by atoms with Crippen LogP contribution in [0.4, 0.5) is 5.69 Å². The zero-order valence-corrected chi connectivity index (χ0v) is 12.8. The summed E-state index contributed by atoms with van der Waals surface area (Å²) in [6.07, 6.45) is 3.64. The van der Waals surface area contributed by atoms with Crippen LogP contribution in [0.5, 0.6) is 5.75 Å². The molecular formula is C16H24N2O3. The molecule has 0 radical (unpaired) electrons. The molecule has 0 heterocycles. The highest BCUT2D eigenvalue weighted by Crippen LogP contribution is 2.30. The van der Waals surface area contributed by atoms with Crippen LogP contribution in [0.15, 0.2) is 24.3 Å². The Hall–Kier alpha value is -1.75. The van der Waals surface area contributed by atoms with E-state index < -0.39 is 5.60 Å². The molecule has 0 saturated heterocycles. The molecule has 1 amide bonds. The molecule has 2 N–H and O–H groups in total. The first-order valence-electron chi connectivity index (χ1n) is 7.37. The van der Waals surface area contributed by atoms with Gasteiger partial charge in [-0.1, -0.05) is 25.0 Å². The van der Waals surface area contributed by atoms with Gasteiger partial charge in [-0.05, 0) is 25.0 Å². The zero-order valence-electron chi connectivity index (χ0n) is 12.8. The molecule has 1 aromatic carbocycles. The van der Waals surface area contributed by atoms with E-state index >= 15 is 0 Å². The van der Waals surface area contributed by atoms with Gasteiger partial charge in [-0.15, -0.1) is 0 Å². The summed E-state index contributed by atoms with van der Waals surface area (Å²) in [4.78, 5) is 13.8. The number of benzene rings is 1. The van der Waals surface area contributed by atoms with Crippen LogP contribution in [-0.4, -0.2) is 48.8 Å². The topological polar surface area (TPSA) is 61.8 Å². The maximum Gasteiger partial charge on any atom is 0.241 e. The van der Waals surface area contributed by atoms with Gasteiger partial charge in [0.25, 0.3) is 0 Å². The van der Waals surface area contributed by atoms with Crippen molar-refractivity contribution in [1.29, 1.82) is 0 Å². The van der Waals surface area contributed by atoms with Crippen LogP contribution in [0.2, 0.25) is 0 Å². The monoisotopic (exact) mass is 292 g/mol. The van der Waals surface area contributed by atoms with Crippen molar-refractivity contribution in [3.05, 3.63) is 24.3 Å². The van der Waals surface area contributed by atoms with Crippen molar-refractivity contribution >= 4 is 11.6 Å². The maximum absolute atomic E-state index is 12.2. The standard InChI is InChI=1S/C16H24N2O3/c1-18(12-16(20)9-5-6-10-16)15(19)11-17-13-7-3-4-8-14(13)21-2/h3-4,7-8,17,20H,5-6,9-12H2,1-2H3. The fourth-order valence-corrected chi connectivity index (χ4v) is 2.82. The lowest BCUT2D eigenvalue weighted by Gasteiger charge is -2.28. The molecule has 1 saturated carbocycles. The third-order valence-corrected chi connectivity index (χ3v) is 4.03. The van der Waals surface area contributed by atoms with Gasteiger partial charge in [0.2, 0.25) is 5.91 Å². The molecule has 1 aliphatic rings. The molecule has 0 spiro atoms. The van der Waals surface area contributed by atoms with Crippen LogP contribution < -0.4 is 10.1 Å². The predicted octanol–water partition coefficient (Wildman–Crippen LogP) is 1.87. The summed E-state index contributed by atoms with van der Waals surface area (Å²) in [5.74, 6) is 0.670. The number of aliphatic hydroxyl groups is 1. The number of anilines is 1. The first-order chi connectivity index (χ1) is 10.0. The highest BCUT2D eigenvalue weighted by Gasteiger charge is 2.33. The highest BCUT2D eigenvalue weighted by molar-refractivity contribution is 5.81. The fourth-order valence-electron chi connectivity index (χ4n) is 2.82. The molecule has 1 aliphatic carbocycles. The Morgan fingerprint density at radius 1 is 1.38 bits per heavy atom. The SMILES string of the molecule is COc1ccccc1NCC(=O)N(C)CC1(O)CCCC1. The summed E-state index contributed by atoms with van der Waals surface area (Å²) in [5, 5.41) is 13.4. The summed E-state index contributed by atoms with van der Waals surface area (Å²) in [5.41, 5.74) is 0.0933. The summed E-state index contributed by atoms with van der Waals surface area (Å²) in [6, 6.07) is 7.49. The average molecular weight is 292 g/mol. The lowest BCUT2D eigenvalue weighted by atomic mass is 10.0. The van der Waals surface area contributed by atoms with Crippen molar-refractivity contribution in [2.75, 3.05) is 32.6 Å². The second-order valence-electron chi connectivity index (χ2n) is 5.74. The number of nitrogens with one attached hydrogen (secondary N) is 1. The number of carbonyl (C=O) groups excluding carboxylic acids is 1. The molecule has 0 aliphatic heterocycles. The maximum atomic E-state index is 12.2. The van der Waals surface area contributed by atoms with E-state index in [9.17, 15) is 9.90 Å². The van der Waals surface area contributed by atoms with Gasteiger partial charge in [0.15, 0.2) is 0 Å². The molecule has 116 valence electrons. The fraction of sp³-hybridized carbons (Fsp3) is 0.562. The van der Waals surface area contributed by atoms with E-state index in [1.807, 2.05) is 24.3 Å². The third kappa shape index (κ3) is 4.11. The Balaban J connectivity index is 1.86. The van der Waals surface area contributed by atoms with Gasteiger partial charge >= 0.3 is 0 Å². The lowest BCUT2D eigenvalue weighted by molar-refractivity contribution is -0.131. The first kappa shape index (κ1) is 15.6. The van der Waals surface area contributed by atoms with Gasteiger partial charge in [-0.2, -0.15) is 0 Å². The van der Waals surface area contributed by atoms with Crippen LogP contribution in [0.3, 0.4) is 0 Å². The number of methoxy groups -OCH3 is 1. The smallest absolute Gasteiger partial charge is 0.241 e. The van der Waals surface area contributed by atoms with Crippen LogP contribution in [0, 0.1) is 0 Å². The molecule has 0 bridgehead atoms. The van der Waals surface area contributed by atoms with Crippen LogP contribution >= 0.6 is 0 Å². The lowest BCUT2D eigenvalue weighted by Crippen LogP contribution is -2.43. The molecule has 2 rings (SSSR count). The Morgan fingerprint density at radius 2 is 2.05 bits per heavy atom. The molecule has 5 heteroatoms. The number of amides is 1. The normalized spacial score (nSPS) is 16.5. The van der Waals surface area contributed by atoms with E-state index in [0.29, 0.717) is 12.3 Å². The Bertz CT molecular complexity index is 484. The van der Waals surface area contributed by atoms with Gasteiger partial charge in [0, 0.05) is 13.6 Å². The van der Waals surface area contributed by atoms with Crippen molar-refractivity contribution in [3.8, 4) is 5.75 Å². The number of para-hydroxylation sites is 2. The summed E-state index contributed by atoms with van der Waals surface area (Å²) < 4.78 is 5.23. The first-order valence-corrected chi connectivity index (χ1v) is 7.37. The van der Waals surface area contributed by atoms with Gasteiger partial charge < -0.3 is 20.1 Å². The molecular weight excluding hydrogens is 268 g/mol. The molecule has 0 aromatic heterocycles. The number of carbonyl (C=O) groups is 1. The Kier molecular flexibility index (Phi) is 5.07. The summed E-state index contributed by atoms with van der Waals surface area (Å²) >= 11 is 0. The van der Waals surface area contributed by atoms with Crippen molar-refractivity contribution in [1.82, 2.24) is 4.90 Å². The number of likely N-dealkylation sites (N-methyl/N-ethyl adjacent to an activating group) is 1. The number of nitrogens with zero attached hydrogens (tertiary/aromatic N) is 1. The van der Waals surface area contributed by atoms with E-state index in [0.717, 1.165) is 31.4 Å². The predicted molar refractivity (Wildman–Crippen MR) is 82.5 cm³/mol. The summed E-state index contributed by atoms with van der Waals surface area (Å²) in [7, 11) is 3.34. The number of hydrogen-bond acceptors (Lipinski definition) is 4. The van der Waals surface area contributed by atoms with Crippen LogP contribution in [-0.2, 0) is 4.79 Å². The van der Waals surface area contributed by atoms with E-state index in [-0.39, 0.29) is 12.5 Å². The van der Waals surface area contributed by atoms with Crippen LogP contribution in [0.1, 0.15) is 25.7 Å². The number of ether oxygens (including phenoxy) is 1. The molecule has 21 heavy (non-hydrogen) atoms. The molecule has 1 aromatic rings. The minimum atomic E-state index is -0.700. The van der Waals surface area contributed by atoms with Gasteiger partial charge in [0.05, 0.1) is 24.9 Å². The van der Waals surface area contributed by atoms with Crippen molar-refractivity contribution < 1.29 is 14.6 Å². The zero-order chi connectivity index (χ0) is 15.3. The van der Waals surface area contributed by atoms with Crippen molar-refractivity contribution in [2.24, 2.45) is 0 Å². The second-order valence-corrected chi connectivity index (χ2v) is 5.74. The van der Waals surface area contributed by atoms with Crippen LogP contribution in [0.25, 0.3) is 0 Å². The Morgan fingerprint density at radius 3 is 2.71 bits per heavy atom. The van der Waals surface area contributed by atoms with E-state index in [1.54, 1.807) is 19.1 Å². The highest BCUT2D eigenvalue weighted by atomic mass is 16.5. The van der Waals surface area contributed by atoms with E-state index in [2.05, 4.69) is 5.32 Å². The van der Waals surface area contributed by atoms with Crippen molar-refractivity contribution in [3.63, 3.8) is 0 Å². The third-order valence-electron chi connectivity index (χ3n) is 4.03. The number of hydrogen-bond donors (Lipinski definition) is 2.